The van der Waals surface area contributed by atoms with E-state index < -0.39 is 0 Å². The first kappa shape index (κ1) is 13.4. The van der Waals surface area contributed by atoms with Crippen molar-refractivity contribution in [2.24, 2.45) is 7.05 Å². The zero-order valence-electron chi connectivity index (χ0n) is 11.9. The molecule has 0 aliphatic carbocycles. The fourth-order valence-electron chi connectivity index (χ4n) is 2.96. The summed E-state index contributed by atoms with van der Waals surface area (Å²) in [4.78, 5) is 19.0. The first-order valence-electron chi connectivity index (χ1n) is 6.96. The Hall–Kier alpha value is -1.62. The number of imidazole rings is 1. The summed E-state index contributed by atoms with van der Waals surface area (Å²) in [7, 11) is 2.04. The lowest BCUT2D eigenvalue weighted by molar-refractivity contribution is 0.0704. The number of hydrogen-bond acceptors (Lipinski definition) is 3. The fraction of sp³-hybridized carbons (Fsp3) is 0.467. The minimum Gasteiger partial charge on any atom is -0.338 e. The van der Waals surface area contributed by atoms with E-state index in [9.17, 15) is 4.79 Å². The third kappa shape index (κ3) is 2.50. The summed E-state index contributed by atoms with van der Waals surface area (Å²) in [5.74, 6) is 1.61. The van der Waals surface area contributed by atoms with Gasteiger partial charge in [-0.25, -0.2) is 4.98 Å². The second-order valence-electron chi connectivity index (χ2n) is 5.45. The number of aryl methyl sites for hydroxylation is 2. The molecule has 2 aromatic rings. The standard InChI is InChI=1S/C15H19N3OS/c1-11-8-17(2)14(16-11)12-4-3-6-18(9-12)15(19)13-5-7-20-10-13/h5,7-8,10,12H,3-4,6,9H2,1-2H3. The second-order valence-corrected chi connectivity index (χ2v) is 6.23. The maximum Gasteiger partial charge on any atom is 0.254 e. The van der Waals surface area contributed by atoms with Crippen LogP contribution >= 0.6 is 11.3 Å². The number of likely N-dealkylation sites (tertiary alicyclic amines) is 1. The van der Waals surface area contributed by atoms with E-state index in [1.54, 1.807) is 11.3 Å². The van der Waals surface area contributed by atoms with Gasteiger partial charge in [0.05, 0.1) is 11.3 Å². The third-order valence-corrected chi connectivity index (χ3v) is 4.56. The van der Waals surface area contributed by atoms with Gasteiger partial charge in [0.2, 0.25) is 0 Å². The molecule has 1 amide bonds. The molecule has 1 aliphatic rings. The highest BCUT2D eigenvalue weighted by atomic mass is 32.1. The van der Waals surface area contributed by atoms with Gasteiger partial charge < -0.3 is 9.47 Å². The van der Waals surface area contributed by atoms with Crippen LogP contribution in [0.1, 0.15) is 40.6 Å². The highest BCUT2D eigenvalue weighted by Gasteiger charge is 2.27. The minimum absolute atomic E-state index is 0.155. The predicted octanol–water partition coefficient (Wildman–Crippen LogP) is 2.81. The maximum atomic E-state index is 12.4. The molecule has 3 rings (SSSR count). The number of aromatic nitrogens is 2. The van der Waals surface area contributed by atoms with Crippen molar-refractivity contribution in [1.29, 1.82) is 0 Å². The van der Waals surface area contributed by atoms with E-state index in [1.165, 1.54) is 0 Å². The van der Waals surface area contributed by atoms with Gasteiger partial charge in [-0.15, -0.1) is 0 Å². The van der Waals surface area contributed by atoms with Crippen molar-refractivity contribution < 1.29 is 4.79 Å². The molecule has 0 saturated carbocycles. The quantitative estimate of drug-likeness (QED) is 0.852. The summed E-state index contributed by atoms with van der Waals surface area (Å²) in [6, 6.07) is 1.90. The first-order valence-corrected chi connectivity index (χ1v) is 7.91. The molecule has 1 unspecified atom stereocenters. The molecule has 20 heavy (non-hydrogen) atoms. The number of hydrogen-bond donors (Lipinski definition) is 0. The second kappa shape index (κ2) is 5.40. The summed E-state index contributed by atoms with van der Waals surface area (Å²) in [5, 5.41) is 3.88. The molecule has 0 bridgehead atoms. The molecule has 1 saturated heterocycles. The van der Waals surface area contributed by atoms with Crippen LogP contribution in [0.2, 0.25) is 0 Å². The summed E-state index contributed by atoms with van der Waals surface area (Å²) in [6.45, 7) is 3.65. The molecule has 106 valence electrons. The average molecular weight is 289 g/mol. The molecule has 0 aromatic carbocycles. The number of carbonyl (C=O) groups is 1. The van der Waals surface area contributed by atoms with Crippen molar-refractivity contribution in [2.75, 3.05) is 13.1 Å². The van der Waals surface area contributed by atoms with Gasteiger partial charge >= 0.3 is 0 Å². The average Bonchev–Trinajstić information content (AvgIpc) is 3.08. The van der Waals surface area contributed by atoms with Crippen LogP contribution in [0.5, 0.6) is 0 Å². The zero-order valence-corrected chi connectivity index (χ0v) is 12.7. The Kier molecular flexibility index (Phi) is 3.61. The van der Waals surface area contributed by atoms with Crippen molar-refractivity contribution in [2.45, 2.75) is 25.7 Å². The highest BCUT2D eigenvalue weighted by Crippen LogP contribution is 2.27. The molecule has 0 spiro atoms. The number of rotatable bonds is 2. The van der Waals surface area contributed by atoms with E-state index in [2.05, 4.69) is 15.7 Å². The van der Waals surface area contributed by atoms with Gasteiger partial charge in [0.25, 0.3) is 5.91 Å². The van der Waals surface area contributed by atoms with E-state index in [1.807, 2.05) is 35.7 Å². The Morgan fingerprint density at radius 1 is 1.50 bits per heavy atom. The SMILES string of the molecule is Cc1cn(C)c(C2CCCN(C(=O)c3ccsc3)C2)n1. The van der Waals surface area contributed by atoms with Gasteiger partial charge in [-0.05, 0) is 31.2 Å². The van der Waals surface area contributed by atoms with Crippen molar-refractivity contribution in [3.63, 3.8) is 0 Å². The number of carbonyl (C=O) groups excluding carboxylic acids is 1. The Balaban J connectivity index is 1.77. The summed E-state index contributed by atoms with van der Waals surface area (Å²) in [5.41, 5.74) is 1.86. The Morgan fingerprint density at radius 3 is 3.00 bits per heavy atom. The van der Waals surface area contributed by atoms with Crippen LogP contribution in [0.3, 0.4) is 0 Å². The number of amides is 1. The lowest BCUT2D eigenvalue weighted by Gasteiger charge is -2.32. The molecule has 0 N–H and O–H groups in total. The van der Waals surface area contributed by atoms with Crippen molar-refractivity contribution in [3.8, 4) is 0 Å². The maximum absolute atomic E-state index is 12.4. The van der Waals surface area contributed by atoms with Crippen LogP contribution in [0.25, 0.3) is 0 Å². The Bertz CT molecular complexity index is 603. The highest BCUT2D eigenvalue weighted by molar-refractivity contribution is 7.08. The van der Waals surface area contributed by atoms with Crippen molar-refractivity contribution in [1.82, 2.24) is 14.5 Å². The first-order chi connectivity index (χ1) is 9.65. The molecule has 1 atom stereocenters. The monoisotopic (exact) mass is 289 g/mol. The lowest BCUT2D eigenvalue weighted by Crippen LogP contribution is -2.39. The van der Waals surface area contributed by atoms with Crippen LogP contribution in [-0.4, -0.2) is 33.4 Å². The van der Waals surface area contributed by atoms with Crippen LogP contribution in [-0.2, 0) is 7.05 Å². The topological polar surface area (TPSA) is 38.1 Å². The van der Waals surface area contributed by atoms with E-state index >= 15 is 0 Å². The largest absolute Gasteiger partial charge is 0.338 e. The Labute approximate surface area is 123 Å². The molecule has 4 nitrogen and oxygen atoms in total. The van der Waals surface area contributed by atoms with Gasteiger partial charge in [0, 0.05) is 37.6 Å². The molecule has 3 heterocycles. The number of nitrogens with zero attached hydrogens (tertiary/aromatic N) is 3. The van der Waals surface area contributed by atoms with E-state index in [-0.39, 0.29) is 5.91 Å². The normalized spacial score (nSPS) is 19.3. The molecule has 5 heteroatoms. The molecule has 1 aliphatic heterocycles. The van der Waals surface area contributed by atoms with Crippen LogP contribution < -0.4 is 0 Å². The zero-order chi connectivity index (χ0) is 14.1. The van der Waals surface area contributed by atoms with Gasteiger partial charge in [-0.1, -0.05) is 0 Å². The molecular weight excluding hydrogens is 270 g/mol. The van der Waals surface area contributed by atoms with Crippen molar-refractivity contribution in [3.05, 3.63) is 40.1 Å². The number of thiophene rings is 1. The van der Waals surface area contributed by atoms with Gasteiger partial charge in [0.1, 0.15) is 5.82 Å². The van der Waals surface area contributed by atoms with Gasteiger partial charge in [-0.2, -0.15) is 11.3 Å². The molecule has 1 fully saturated rings. The molecular formula is C15H19N3OS. The smallest absolute Gasteiger partial charge is 0.254 e. The van der Waals surface area contributed by atoms with Gasteiger partial charge in [0.15, 0.2) is 0 Å². The molecule has 0 radical (unpaired) electrons. The third-order valence-electron chi connectivity index (χ3n) is 3.87. The molecule has 2 aromatic heterocycles. The fourth-order valence-corrected chi connectivity index (χ4v) is 3.58. The van der Waals surface area contributed by atoms with Crippen LogP contribution in [0.4, 0.5) is 0 Å². The van der Waals surface area contributed by atoms with E-state index in [0.717, 1.165) is 43.0 Å². The number of piperidine rings is 1. The summed E-state index contributed by atoms with van der Waals surface area (Å²) in [6.07, 6.45) is 4.21. The van der Waals surface area contributed by atoms with Crippen LogP contribution in [0.15, 0.2) is 23.0 Å². The Morgan fingerprint density at radius 2 is 2.35 bits per heavy atom. The minimum atomic E-state index is 0.155. The van der Waals surface area contributed by atoms with Crippen LogP contribution in [0, 0.1) is 6.92 Å². The predicted molar refractivity (Wildman–Crippen MR) is 80.1 cm³/mol. The van der Waals surface area contributed by atoms with E-state index in [4.69, 9.17) is 0 Å². The van der Waals surface area contributed by atoms with E-state index in [0.29, 0.717) is 5.92 Å². The lowest BCUT2D eigenvalue weighted by atomic mass is 9.96. The van der Waals surface area contributed by atoms with Crippen molar-refractivity contribution >= 4 is 17.2 Å². The van der Waals surface area contributed by atoms with Gasteiger partial charge in [-0.3, -0.25) is 4.79 Å². The summed E-state index contributed by atoms with van der Waals surface area (Å²) < 4.78 is 2.10. The summed E-state index contributed by atoms with van der Waals surface area (Å²) >= 11 is 1.57.